The van der Waals surface area contributed by atoms with Crippen LogP contribution in [0.2, 0.25) is 0 Å². The van der Waals surface area contributed by atoms with Crippen molar-refractivity contribution in [1.29, 1.82) is 0 Å². The number of hydrogen-bond acceptors (Lipinski definition) is 6. The molecule has 7 heteroatoms. The average molecular weight is 387 g/mol. The minimum atomic E-state index is -0.0104. The van der Waals surface area contributed by atoms with E-state index in [-0.39, 0.29) is 5.91 Å². The van der Waals surface area contributed by atoms with Gasteiger partial charge in [0, 0.05) is 62.2 Å². The number of methoxy groups -OCH3 is 1. The lowest BCUT2D eigenvalue weighted by Gasteiger charge is -2.24. The van der Waals surface area contributed by atoms with E-state index in [0.717, 1.165) is 49.7 Å². The van der Waals surface area contributed by atoms with E-state index in [9.17, 15) is 4.79 Å². The summed E-state index contributed by atoms with van der Waals surface area (Å²) in [7, 11) is 1.77. The lowest BCUT2D eigenvalue weighted by Crippen LogP contribution is -2.40. The van der Waals surface area contributed by atoms with Crippen LogP contribution in [0.4, 0.5) is 10.8 Å². The molecule has 0 radical (unpaired) electrons. The number of benzene rings is 1. The molecule has 2 aliphatic rings. The summed E-state index contributed by atoms with van der Waals surface area (Å²) >= 11 is 1.66. The van der Waals surface area contributed by atoms with E-state index < -0.39 is 0 Å². The third kappa shape index (κ3) is 4.09. The summed E-state index contributed by atoms with van der Waals surface area (Å²) in [5.74, 6) is -0.0104. The number of anilines is 2. The van der Waals surface area contributed by atoms with Crippen molar-refractivity contribution in [3.8, 4) is 0 Å². The van der Waals surface area contributed by atoms with Gasteiger partial charge in [0.2, 0.25) is 0 Å². The molecule has 0 aliphatic carbocycles. The first-order valence-corrected chi connectivity index (χ1v) is 10.4. The van der Waals surface area contributed by atoms with Gasteiger partial charge in [-0.15, -0.1) is 11.3 Å². The Kier molecular flexibility index (Phi) is 5.59. The van der Waals surface area contributed by atoms with Crippen LogP contribution in [0.15, 0.2) is 35.8 Å². The maximum Gasteiger partial charge on any atom is 0.251 e. The SMILES string of the molecule is COC1CCN(c2ccc(C(=O)NCC3CCCN3c3nccs3)cc2)C1. The van der Waals surface area contributed by atoms with Crippen LogP contribution in [-0.4, -0.2) is 56.3 Å². The molecular weight excluding hydrogens is 360 g/mol. The smallest absolute Gasteiger partial charge is 0.251 e. The monoisotopic (exact) mass is 386 g/mol. The first-order chi connectivity index (χ1) is 13.2. The van der Waals surface area contributed by atoms with Crippen LogP contribution >= 0.6 is 11.3 Å². The zero-order valence-electron chi connectivity index (χ0n) is 15.6. The van der Waals surface area contributed by atoms with Crippen LogP contribution in [0, 0.1) is 0 Å². The number of hydrogen-bond donors (Lipinski definition) is 1. The second kappa shape index (κ2) is 8.27. The quantitative estimate of drug-likeness (QED) is 0.827. The fourth-order valence-electron chi connectivity index (χ4n) is 3.95. The molecule has 1 aromatic carbocycles. The molecule has 1 N–H and O–H groups in total. The first kappa shape index (κ1) is 18.3. The van der Waals surface area contributed by atoms with E-state index >= 15 is 0 Å². The van der Waals surface area contributed by atoms with Crippen molar-refractivity contribution in [2.45, 2.75) is 31.4 Å². The Hall–Kier alpha value is -2.12. The van der Waals surface area contributed by atoms with Crippen molar-refractivity contribution in [2.75, 3.05) is 43.1 Å². The summed E-state index contributed by atoms with van der Waals surface area (Å²) in [6.07, 6.45) is 5.43. The second-order valence-corrected chi connectivity index (χ2v) is 8.03. The number of nitrogens with one attached hydrogen (secondary N) is 1. The van der Waals surface area contributed by atoms with Gasteiger partial charge in [0.1, 0.15) is 0 Å². The third-order valence-corrected chi connectivity index (χ3v) is 6.32. The highest BCUT2D eigenvalue weighted by Crippen LogP contribution is 2.27. The molecule has 3 heterocycles. The van der Waals surface area contributed by atoms with E-state index in [4.69, 9.17) is 4.74 Å². The van der Waals surface area contributed by atoms with Crippen molar-refractivity contribution in [1.82, 2.24) is 10.3 Å². The van der Waals surface area contributed by atoms with Gasteiger partial charge < -0.3 is 19.9 Å². The summed E-state index contributed by atoms with van der Waals surface area (Å²) < 4.78 is 5.43. The Morgan fingerprint density at radius 1 is 1.30 bits per heavy atom. The topological polar surface area (TPSA) is 57.7 Å². The van der Waals surface area contributed by atoms with Gasteiger partial charge in [0.15, 0.2) is 5.13 Å². The van der Waals surface area contributed by atoms with Crippen molar-refractivity contribution < 1.29 is 9.53 Å². The lowest BCUT2D eigenvalue weighted by atomic mass is 10.1. The van der Waals surface area contributed by atoms with Crippen molar-refractivity contribution >= 4 is 28.1 Å². The Bertz CT molecular complexity index is 750. The van der Waals surface area contributed by atoms with E-state index in [1.807, 2.05) is 35.8 Å². The van der Waals surface area contributed by atoms with Crippen LogP contribution in [0.1, 0.15) is 29.6 Å². The fourth-order valence-corrected chi connectivity index (χ4v) is 4.69. The Labute approximate surface area is 164 Å². The molecule has 2 aliphatic heterocycles. The van der Waals surface area contributed by atoms with Crippen molar-refractivity contribution in [3.63, 3.8) is 0 Å². The number of carbonyl (C=O) groups excluding carboxylic acids is 1. The highest BCUT2D eigenvalue weighted by atomic mass is 32.1. The van der Waals surface area contributed by atoms with E-state index in [1.165, 1.54) is 0 Å². The Balaban J connectivity index is 1.32. The molecule has 1 aromatic heterocycles. The molecule has 144 valence electrons. The van der Waals surface area contributed by atoms with Crippen LogP contribution in [0.5, 0.6) is 0 Å². The minimum Gasteiger partial charge on any atom is -0.380 e. The molecule has 4 rings (SSSR count). The zero-order chi connectivity index (χ0) is 18.6. The predicted octanol–water partition coefficient (Wildman–Crippen LogP) is 2.77. The minimum absolute atomic E-state index is 0.0104. The molecule has 2 atom stereocenters. The molecule has 0 bridgehead atoms. The van der Waals surface area contributed by atoms with Crippen molar-refractivity contribution in [3.05, 3.63) is 41.4 Å². The molecular formula is C20H26N4O2S. The van der Waals surface area contributed by atoms with Gasteiger partial charge in [-0.05, 0) is 43.5 Å². The maximum absolute atomic E-state index is 12.5. The number of thiazole rings is 1. The number of nitrogens with zero attached hydrogens (tertiary/aromatic N) is 3. The van der Waals surface area contributed by atoms with Gasteiger partial charge in [-0.3, -0.25) is 4.79 Å². The summed E-state index contributed by atoms with van der Waals surface area (Å²) in [5.41, 5.74) is 1.86. The van der Waals surface area contributed by atoms with Gasteiger partial charge in [-0.1, -0.05) is 0 Å². The summed E-state index contributed by atoms with van der Waals surface area (Å²) in [6.45, 7) is 3.58. The lowest BCUT2D eigenvalue weighted by molar-refractivity contribution is 0.0951. The third-order valence-electron chi connectivity index (χ3n) is 5.51. The summed E-state index contributed by atoms with van der Waals surface area (Å²) in [5, 5.41) is 6.15. The molecule has 6 nitrogen and oxygen atoms in total. The van der Waals surface area contributed by atoms with E-state index in [0.29, 0.717) is 24.3 Å². The van der Waals surface area contributed by atoms with Gasteiger partial charge in [0.25, 0.3) is 5.91 Å². The maximum atomic E-state index is 12.5. The van der Waals surface area contributed by atoms with E-state index in [1.54, 1.807) is 18.4 Å². The van der Waals surface area contributed by atoms with Crippen LogP contribution in [-0.2, 0) is 4.74 Å². The molecule has 1 amide bonds. The van der Waals surface area contributed by atoms with Gasteiger partial charge in [0.05, 0.1) is 6.10 Å². The molecule has 2 unspecified atom stereocenters. The second-order valence-electron chi connectivity index (χ2n) is 7.15. The summed E-state index contributed by atoms with van der Waals surface area (Å²) in [4.78, 5) is 21.6. The van der Waals surface area contributed by atoms with Crippen molar-refractivity contribution in [2.24, 2.45) is 0 Å². The molecule has 2 saturated heterocycles. The standard InChI is InChI=1S/C20H26N4O2S/c1-26-18-8-11-23(14-18)16-6-4-15(5-7-16)19(25)22-13-17-3-2-10-24(17)20-21-9-12-27-20/h4-7,9,12,17-18H,2-3,8,10-11,13-14H2,1H3,(H,22,25). The summed E-state index contributed by atoms with van der Waals surface area (Å²) in [6, 6.07) is 8.22. The van der Waals surface area contributed by atoms with Gasteiger partial charge in [-0.2, -0.15) is 0 Å². The zero-order valence-corrected chi connectivity index (χ0v) is 16.5. The molecule has 2 fully saturated rings. The van der Waals surface area contributed by atoms with Crippen LogP contribution in [0.25, 0.3) is 0 Å². The number of ether oxygens (including phenoxy) is 1. The van der Waals surface area contributed by atoms with Gasteiger partial charge in [-0.25, -0.2) is 4.98 Å². The first-order valence-electron chi connectivity index (χ1n) is 9.57. The van der Waals surface area contributed by atoms with Gasteiger partial charge >= 0.3 is 0 Å². The van der Waals surface area contributed by atoms with E-state index in [2.05, 4.69) is 20.1 Å². The largest absolute Gasteiger partial charge is 0.380 e. The number of rotatable bonds is 6. The Morgan fingerprint density at radius 2 is 2.15 bits per heavy atom. The molecule has 0 saturated carbocycles. The highest BCUT2D eigenvalue weighted by Gasteiger charge is 2.27. The number of amides is 1. The molecule has 2 aromatic rings. The van der Waals surface area contributed by atoms with Crippen LogP contribution in [0.3, 0.4) is 0 Å². The predicted molar refractivity (Wildman–Crippen MR) is 109 cm³/mol. The number of aromatic nitrogens is 1. The normalized spacial score (nSPS) is 22.4. The average Bonchev–Trinajstić information content (AvgIpc) is 3.47. The molecule has 0 spiro atoms. The molecule has 27 heavy (non-hydrogen) atoms. The fraction of sp³-hybridized carbons (Fsp3) is 0.500. The Morgan fingerprint density at radius 3 is 2.85 bits per heavy atom. The van der Waals surface area contributed by atoms with Crippen LogP contribution < -0.4 is 15.1 Å². The highest BCUT2D eigenvalue weighted by molar-refractivity contribution is 7.13. The number of carbonyl (C=O) groups is 1.